The molecule has 4 rings (SSSR count). The van der Waals surface area contributed by atoms with Gasteiger partial charge in [0.05, 0.1) is 32.1 Å². The van der Waals surface area contributed by atoms with E-state index in [1.165, 1.54) is 0 Å². The summed E-state index contributed by atoms with van der Waals surface area (Å²) in [5.41, 5.74) is 1.96. The van der Waals surface area contributed by atoms with E-state index in [1.807, 2.05) is 37.4 Å². The smallest absolute Gasteiger partial charge is 0.219 e. The molecule has 0 unspecified atom stereocenters. The molecule has 0 bridgehead atoms. The monoisotopic (exact) mass is 350 g/mol. The fourth-order valence-electron chi connectivity index (χ4n) is 3.58. The molecule has 0 atom stereocenters. The number of phenols is 1. The molecule has 0 aliphatic rings. The Bertz CT molecular complexity index is 1170. The number of hydrogen-bond donors (Lipinski definition) is 1. The minimum absolute atomic E-state index is 0.157. The summed E-state index contributed by atoms with van der Waals surface area (Å²) >= 11 is 0. The number of aromatic hydroxyl groups is 1. The summed E-state index contributed by atoms with van der Waals surface area (Å²) in [6.07, 6.45) is 2.00. The molecule has 0 fully saturated rings. The lowest BCUT2D eigenvalue weighted by molar-refractivity contribution is -0.516. The number of methoxy groups -OCH3 is 3. The highest BCUT2D eigenvalue weighted by atomic mass is 16.5. The first-order chi connectivity index (χ1) is 12.6. The molecule has 5 nitrogen and oxygen atoms in total. The number of rotatable bonds is 3. The van der Waals surface area contributed by atoms with Gasteiger partial charge in [-0.05, 0) is 35.0 Å². The summed E-state index contributed by atoms with van der Waals surface area (Å²) < 4.78 is 18.2. The van der Waals surface area contributed by atoms with Gasteiger partial charge in [-0.15, -0.1) is 0 Å². The fraction of sp³-hybridized carbons (Fsp3) is 0.190. The van der Waals surface area contributed by atoms with Crippen LogP contribution in [0, 0.1) is 6.92 Å². The highest BCUT2D eigenvalue weighted by Gasteiger charge is 2.20. The molecule has 4 aromatic rings. The van der Waals surface area contributed by atoms with E-state index in [1.54, 1.807) is 27.4 Å². The topological polar surface area (TPSA) is 52.0 Å². The van der Waals surface area contributed by atoms with E-state index in [2.05, 4.69) is 10.5 Å². The van der Waals surface area contributed by atoms with Crippen LogP contribution in [0.5, 0.6) is 23.0 Å². The lowest BCUT2D eigenvalue weighted by Crippen LogP contribution is -2.25. The Morgan fingerprint density at radius 2 is 1.50 bits per heavy atom. The third-order valence-corrected chi connectivity index (χ3v) is 4.90. The van der Waals surface area contributed by atoms with Crippen molar-refractivity contribution in [1.29, 1.82) is 0 Å². The van der Waals surface area contributed by atoms with Crippen molar-refractivity contribution >= 4 is 27.1 Å². The Hall–Kier alpha value is -3.21. The van der Waals surface area contributed by atoms with Gasteiger partial charge in [0.1, 0.15) is 0 Å². The van der Waals surface area contributed by atoms with Gasteiger partial charge in [0.2, 0.25) is 5.52 Å². The van der Waals surface area contributed by atoms with Gasteiger partial charge in [0.25, 0.3) is 0 Å². The van der Waals surface area contributed by atoms with Crippen LogP contribution in [0.4, 0.5) is 0 Å². The average molecular weight is 350 g/mol. The van der Waals surface area contributed by atoms with Crippen molar-refractivity contribution in [3.05, 3.63) is 48.3 Å². The molecule has 132 valence electrons. The standard InChI is InChI=1S/C21H19NO4/c1-12-20-14(5-6-17(24-2)21(20)23)9-16-15-11-19(26-4)18(25-3)10-13(15)7-8-22(12)16/h5-11H,1-4H3/p+1. The highest BCUT2D eigenvalue weighted by molar-refractivity contribution is 6.01. The summed E-state index contributed by atoms with van der Waals surface area (Å²) in [7, 11) is 4.82. The lowest BCUT2D eigenvalue weighted by atomic mass is 10.0. The molecule has 0 radical (unpaired) electrons. The first-order valence-electron chi connectivity index (χ1n) is 8.28. The van der Waals surface area contributed by atoms with Crippen LogP contribution in [0.3, 0.4) is 0 Å². The zero-order valence-corrected chi connectivity index (χ0v) is 15.2. The van der Waals surface area contributed by atoms with Gasteiger partial charge >= 0.3 is 0 Å². The van der Waals surface area contributed by atoms with Crippen LogP contribution in [0.1, 0.15) is 5.69 Å². The first kappa shape index (κ1) is 16.3. The number of phenolic OH excluding ortho intramolecular Hbond substituents is 1. The van der Waals surface area contributed by atoms with Crippen molar-refractivity contribution in [3.63, 3.8) is 0 Å². The van der Waals surface area contributed by atoms with Gasteiger partial charge in [0.15, 0.2) is 34.9 Å². The van der Waals surface area contributed by atoms with E-state index in [4.69, 9.17) is 14.2 Å². The molecule has 0 aliphatic heterocycles. The molecule has 2 aromatic carbocycles. The number of nitrogens with zero attached hydrogens (tertiary/aromatic N) is 1. The van der Waals surface area contributed by atoms with Crippen molar-refractivity contribution < 1.29 is 23.7 Å². The van der Waals surface area contributed by atoms with Gasteiger partial charge in [-0.2, -0.15) is 4.40 Å². The summed E-state index contributed by atoms with van der Waals surface area (Å²) in [6.45, 7) is 1.99. The molecule has 5 heteroatoms. The van der Waals surface area contributed by atoms with E-state index < -0.39 is 0 Å². The molecule has 26 heavy (non-hydrogen) atoms. The molecule has 0 amide bonds. The summed E-state index contributed by atoms with van der Waals surface area (Å²) in [5.74, 6) is 2.00. The minimum Gasteiger partial charge on any atom is -0.504 e. The highest BCUT2D eigenvalue weighted by Crippen LogP contribution is 2.38. The van der Waals surface area contributed by atoms with Crippen LogP contribution >= 0.6 is 0 Å². The minimum atomic E-state index is 0.157. The molecule has 0 aliphatic carbocycles. The molecule has 2 aromatic heterocycles. The van der Waals surface area contributed by atoms with Crippen LogP contribution in [0.25, 0.3) is 27.1 Å². The molecule has 2 heterocycles. The molecule has 0 saturated carbocycles. The summed E-state index contributed by atoms with van der Waals surface area (Å²) in [6, 6.07) is 11.8. The number of benzene rings is 2. The Morgan fingerprint density at radius 3 is 2.19 bits per heavy atom. The second-order valence-electron chi connectivity index (χ2n) is 6.18. The normalized spacial score (nSPS) is 11.2. The van der Waals surface area contributed by atoms with Crippen LogP contribution < -0.4 is 18.6 Å². The molecular formula is C21H20NO4+. The van der Waals surface area contributed by atoms with Crippen molar-refractivity contribution in [3.8, 4) is 23.0 Å². The fourth-order valence-corrected chi connectivity index (χ4v) is 3.58. The number of aromatic nitrogens is 1. The maximum Gasteiger partial charge on any atom is 0.219 e. The Morgan fingerprint density at radius 1 is 0.808 bits per heavy atom. The summed E-state index contributed by atoms with van der Waals surface area (Å²) in [4.78, 5) is 0. The number of aryl methyl sites for hydroxylation is 1. The van der Waals surface area contributed by atoms with Crippen molar-refractivity contribution in [2.45, 2.75) is 6.92 Å². The van der Waals surface area contributed by atoms with Crippen LogP contribution in [-0.4, -0.2) is 26.4 Å². The first-order valence-corrected chi connectivity index (χ1v) is 8.28. The van der Waals surface area contributed by atoms with Crippen molar-refractivity contribution in [2.24, 2.45) is 0 Å². The maximum absolute atomic E-state index is 10.6. The second-order valence-corrected chi connectivity index (χ2v) is 6.18. The van der Waals surface area contributed by atoms with Gasteiger partial charge < -0.3 is 19.3 Å². The number of hydrogen-bond acceptors (Lipinski definition) is 4. The Balaban J connectivity index is 2.16. The number of fused-ring (bicyclic) bond motifs is 4. The lowest BCUT2D eigenvalue weighted by Gasteiger charge is -2.11. The van der Waals surface area contributed by atoms with Gasteiger partial charge in [-0.3, -0.25) is 0 Å². The number of pyridine rings is 2. The second kappa shape index (κ2) is 5.95. The van der Waals surface area contributed by atoms with Crippen LogP contribution in [0.2, 0.25) is 0 Å². The maximum atomic E-state index is 10.6. The Kier molecular flexibility index (Phi) is 3.72. The predicted octanol–water partition coefficient (Wildman–Crippen LogP) is 3.77. The molecular weight excluding hydrogens is 330 g/mol. The third-order valence-electron chi connectivity index (χ3n) is 4.90. The van der Waals surface area contributed by atoms with Crippen LogP contribution in [0.15, 0.2) is 42.6 Å². The van der Waals surface area contributed by atoms with E-state index >= 15 is 0 Å². The van der Waals surface area contributed by atoms with E-state index in [0.29, 0.717) is 17.2 Å². The van der Waals surface area contributed by atoms with Crippen LogP contribution in [-0.2, 0) is 0 Å². The molecule has 0 spiro atoms. The van der Waals surface area contributed by atoms with E-state index in [9.17, 15) is 5.11 Å². The molecule has 0 saturated heterocycles. The zero-order chi connectivity index (χ0) is 18.4. The van der Waals surface area contributed by atoms with Gasteiger partial charge in [0, 0.05) is 19.1 Å². The number of ether oxygens (including phenoxy) is 3. The van der Waals surface area contributed by atoms with E-state index in [-0.39, 0.29) is 5.75 Å². The predicted molar refractivity (Wildman–Crippen MR) is 101 cm³/mol. The van der Waals surface area contributed by atoms with Crippen molar-refractivity contribution in [1.82, 2.24) is 0 Å². The quantitative estimate of drug-likeness (QED) is 0.347. The van der Waals surface area contributed by atoms with Gasteiger partial charge in [-0.1, -0.05) is 0 Å². The largest absolute Gasteiger partial charge is 0.504 e. The van der Waals surface area contributed by atoms with Crippen molar-refractivity contribution in [2.75, 3.05) is 21.3 Å². The third kappa shape index (κ3) is 2.20. The van der Waals surface area contributed by atoms with Gasteiger partial charge in [-0.25, -0.2) is 0 Å². The zero-order valence-electron chi connectivity index (χ0n) is 15.2. The SMILES string of the molecule is COc1cc2cc[n+]3c(C)c4c(O)c(OC)ccc4cc3c2cc1OC. The molecule has 1 N–H and O–H groups in total. The van der Waals surface area contributed by atoms with E-state index in [0.717, 1.165) is 32.8 Å². The summed E-state index contributed by atoms with van der Waals surface area (Å²) in [5, 5.41) is 14.4. The average Bonchev–Trinajstić information content (AvgIpc) is 2.66. The Labute approximate surface area is 151 Å².